The molecule has 3 rings (SSSR count). The maximum Gasteiger partial charge on any atom is 0.231 e. The molecule has 1 amide bonds. The fraction of sp³-hybridized carbons (Fsp3) is 0.412. The van der Waals surface area contributed by atoms with Crippen molar-refractivity contribution in [3.63, 3.8) is 0 Å². The first-order valence-corrected chi connectivity index (χ1v) is 7.53. The van der Waals surface area contributed by atoms with Gasteiger partial charge in [-0.3, -0.25) is 4.79 Å². The Bertz CT molecular complexity index is 626. The molecule has 0 unspecified atom stereocenters. The van der Waals surface area contributed by atoms with Crippen molar-refractivity contribution < 1.29 is 14.1 Å². The van der Waals surface area contributed by atoms with Gasteiger partial charge in [0.25, 0.3) is 0 Å². The number of hydrogen-bond acceptors (Lipinski definition) is 4. The van der Waals surface area contributed by atoms with Crippen molar-refractivity contribution in [2.45, 2.75) is 32.7 Å². The summed E-state index contributed by atoms with van der Waals surface area (Å²) in [5.74, 6) is 0.762. The van der Waals surface area contributed by atoms with E-state index in [4.69, 9.17) is 9.26 Å². The lowest BCUT2D eigenvalue weighted by Crippen LogP contribution is -2.42. The molecule has 1 fully saturated rings. The number of aromatic nitrogens is 1. The van der Waals surface area contributed by atoms with E-state index in [-0.39, 0.29) is 11.9 Å². The van der Waals surface area contributed by atoms with E-state index in [9.17, 15) is 4.79 Å². The molecule has 2 heterocycles. The van der Waals surface area contributed by atoms with Crippen LogP contribution in [-0.2, 0) is 16.0 Å². The topological polar surface area (TPSA) is 55.6 Å². The first-order valence-electron chi connectivity index (χ1n) is 7.53. The summed E-state index contributed by atoms with van der Waals surface area (Å²) < 4.78 is 10.6. The van der Waals surface area contributed by atoms with Crippen molar-refractivity contribution in [1.29, 1.82) is 0 Å². The molecule has 5 nitrogen and oxygen atoms in total. The normalized spacial score (nSPS) is 17.6. The van der Waals surface area contributed by atoms with Crippen molar-refractivity contribution in [3.8, 4) is 0 Å². The van der Waals surface area contributed by atoms with Gasteiger partial charge in [-0.05, 0) is 32.4 Å². The van der Waals surface area contributed by atoms with E-state index in [1.807, 2.05) is 49.1 Å². The van der Waals surface area contributed by atoms with Gasteiger partial charge in [0.15, 0.2) is 0 Å². The summed E-state index contributed by atoms with van der Waals surface area (Å²) in [6.07, 6.45) is 1.16. The molecular weight excluding hydrogens is 280 g/mol. The maximum atomic E-state index is 12.9. The number of carbonyl (C=O) groups is 1. The van der Waals surface area contributed by atoms with Crippen molar-refractivity contribution in [1.82, 2.24) is 5.16 Å². The van der Waals surface area contributed by atoms with Gasteiger partial charge < -0.3 is 14.2 Å². The van der Waals surface area contributed by atoms with Gasteiger partial charge in [-0.1, -0.05) is 23.4 Å². The van der Waals surface area contributed by atoms with Crippen LogP contribution in [0, 0.1) is 13.8 Å². The molecular formula is C17H20N2O3. The number of carbonyl (C=O) groups excluding carboxylic acids is 1. The maximum absolute atomic E-state index is 12.9. The molecule has 2 aromatic rings. The monoisotopic (exact) mass is 300 g/mol. The van der Waals surface area contributed by atoms with Crippen molar-refractivity contribution >= 4 is 11.6 Å². The number of anilines is 1. The van der Waals surface area contributed by atoms with E-state index in [0.717, 1.165) is 23.4 Å². The van der Waals surface area contributed by atoms with Crippen LogP contribution in [0.5, 0.6) is 0 Å². The van der Waals surface area contributed by atoms with Crippen molar-refractivity contribution in [3.05, 3.63) is 47.3 Å². The zero-order chi connectivity index (χ0) is 15.5. The molecule has 0 radical (unpaired) electrons. The van der Waals surface area contributed by atoms with Gasteiger partial charge in [-0.25, -0.2) is 0 Å². The third-order valence-corrected chi connectivity index (χ3v) is 4.08. The molecule has 0 saturated carbocycles. The summed E-state index contributed by atoms with van der Waals surface area (Å²) >= 11 is 0. The van der Waals surface area contributed by atoms with Crippen LogP contribution >= 0.6 is 0 Å². The Labute approximate surface area is 129 Å². The second-order valence-electron chi connectivity index (χ2n) is 5.60. The summed E-state index contributed by atoms with van der Waals surface area (Å²) in [6.45, 7) is 4.99. The molecule has 0 aliphatic carbocycles. The molecule has 1 aliphatic heterocycles. The van der Waals surface area contributed by atoms with Crippen LogP contribution in [-0.4, -0.2) is 30.3 Å². The predicted molar refractivity (Wildman–Crippen MR) is 82.8 cm³/mol. The van der Waals surface area contributed by atoms with Gasteiger partial charge >= 0.3 is 0 Å². The molecule has 0 spiro atoms. The standard InChI is InChI=1S/C17H20N2O3/c1-12-16(13(2)22-18-12)10-17(20)19(15-8-9-21-11-15)14-6-4-3-5-7-14/h3-7,15H,8-11H2,1-2H3/t15-/m1/s1. The van der Waals surface area contributed by atoms with E-state index in [2.05, 4.69) is 5.16 Å². The van der Waals surface area contributed by atoms with Crippen LogP contribution in [0.4, 0.5) is 5.69 Å². The number of ether oxygens (including phenoxy) is 1. The highest BCUT2D eigenvalue weighted by molar-refractivity contribution is 5.95. The quantitative estimate of drug-likeness (QED) is 0.871. The van der Waals surface area contributed by atoms with E-state index in [0.29, 0.717) is 25.4 Å². The summed E-state index contributed by atoms with van der Waals surface area (Å²) in [7, 11) is 0. The fourth-order valence-corrected chi connectivity index (χ4v) is 2.86. The Morgan fingerprint density at radius 3 is 2.68 bits per heavy atom. The number of aryl methyl sites for hydroxylation is 2. The Morgan fingerprint density at radius 1 is 1.32 bits per heavy atom. The summed E-state index contributed by atoms with van der Waals surface area (Å²) in [4.78, 5) is 14.8. The minimum absolute atomic E-state index is 0.0519. The minimum atomic E-state index is 0.0519. The third-order valence-electron chi connectivity index (χ3n) is 4.08. The van der Waals surface area contributed by atoms with Crippen LogP contribution < -0.4 is 4.90 Å². The fourth-order valence-electron chi connectivity index (χ4n) is 2.86. The van der Waals surface area contributed by atoms with Gasteiger partial charge in [0.05, 0.1) is 24.8 Å². The van der Waals surface area contributed by atoms with Crippen LogP contribution in [0.15, 0.2) is 34.9 Å². The third kappa shape index (κ3) is 2.90. The largest absolute Gasteiger partial charge is 0.379 e. The smallest absolute Gasteiger partial charge is 0.231 e. The average Bonchev–Trinajstić information content (AvgIpc) is 3.14. The number of benzene rings is 1. The molecule has 1 aromatic heterocycles. The van der Waals surface area contributed by atoms with Gasteiger partial charge in [0.1, 0.15) is 5.76 Å². The Morgan fingerprint density at radius 2 is 2.09 bits per heavy atom. The average molecular weight is 300 g/mol. The zero-order valence-corrected chi connectivity index (χ0v) is 12.9. The predicted octanol–water partition coefficient (Wildman–Crippen LogP) is 2.66. The number of para-hydroxylation sites is 1. The summed E-state index contributed by atoms with van der Waals surface area (Å²) in [5, 5.41) is 3.93. The Kier molecular flexibility index (Phi) is 4.24. The van der Waals surface area contributed by atoms with E-state index in [1.165, 1.54) is 0 Å². The number of hydrogen-bond donors (Lipinski definition) is 0. The second-order valence-corrected chi connectivity index (χ2v) is 5.60. The van der Waals surface area contributed by atoms with Crippen LogP contribution in [0.2, 0.25) is 0 Å². The van der Waals surface area contributed by atoms with E-state index >= 15 is 0 Å². The molecule has 0 bridgehead atoms. The number of nitrogens with zero attached hydrogens (tertiary/aromatic N) is 2. The minimum Gasteiger partial charge on any atom is -0.379 e. The second kappa shape index (κ2) is 6.32. The van der Waals surface area contributed by atoms with Gasteiger partial charge in [0, 0.05) is 17.9 Å². The van der Waals surface area contributed by atoms with E-state index in [1.54, 1.807) is 0 Å². The van der Waals surface area contributed by atoms with Crippen molar-refractivity contribution in [2.75, 3.05) is 18.1 Å². The Balaban J connectivity index is 1.87. The van der Waals surface area contributed by atoms with Crippen molar-refractivity contribution in [2.24, 2.45) is 0 Å². The number of amides is 1. The van der Waals surface area contributed by atoms with Crippen LogP contribution in [0.25, 0.3) is 0 Å². The Hall–Kier alpha value is -2.14. The lowest BCUT2D eigenvalue weighted by Gasteiger charge is -2.28. The molecule has 1 aromatic carbocycles. The SMILES string of the molecule is Cc1noc(C)c1CC(=O)N(c1ccccc1)[C@@H]1CCOC1. The summed E-state index contributed by atoms with van der Waals surface area (Å²) in [5.41, 5.74) is 2.57. The molecule has 0 N–H and O–H groups in total. The van der Waals surface area contributed by atoms with Gasteiger partial charge in [-0.15, -0.1) is 0 Å². The highest BCUT2D eigenvalue weighted by Gasteiger charge is 2.29. The molecule has 1 atom stereocenters. The zero-order valence-electron chi connectivity index (χ0n) is 12.9. The highest BCUT2D eigenvalue weighted by atomic mass is 16.5. The lowest BCUT2D eigenvalue weighted by atomic mass is 10.1. The molecule has 1 saturated heterocycles. The first kappa shape index (κ1) is 14.8. The molecule has 5 heteroatoms. The van der Waals surface area contributed by atoms with Crippen LogP contribution in [0.1, 0.15) is 23.4 Å². The van der Waals surface area contributed by atoms with Gasteiger partial charge in [0.2, 0.25) is 5.91 Å². The molecule has 116 valence electrons. The van der Waals surface area contributed by atoms with Crippen LogP contribution in [0.3, 0.4) is 0 Å². The van der Waals surface area contributed by atoms with E-state index < -0.39 is 0 Å². The molecule has 22 heavy (non-hydrogen) atoms. The lowest BCUT2D eigenvalue weighted by molar-refractivity contribution is -0.118. The first-order chi connectivity index (χ1) is 10.7. The van der Waals surface area contributed by atoms with Gasteiger partial charge in [-0.2, -0.15) is 0 Å². The highest BCUT2D eigenvalue weighted by Crippen LogP contribution is 2.24. The molecule has 1 aliphatic rings. The number of rotatable bonds is 4. The summed E-state index contributed by atoms with van der Waals surface area (Å²) in [6, 6.07) is 9.86.